The van der Waals surface area contributed by atoms with Gasteiger partial charge in [0, 0.05) is 25.2 Å². The van der Waals surface area contributed by atoms with Crippen molar-refractivity contribution in [1.29, 1.82) is 0 Å². The number of nitrogens with one attached hydrogen (secondary N) is 1. The third kappa shape index (κ3) is 4.92. The molecule has 6 nitrogen and oxygen atoms in total. The number of rotatable bonds is 6. The molecular weight excluding hydrogens is 354 g/mol. The van der Waals surface area contributed by atoms with Gasteiger partial charge in [-0.25, -0.2) is 4.79 Å². The van der Waals surface area contributed by atoms with Crippen molar-refractivity contribution in [3.05, 3.63) is 35.4 Å². The second-order valence-electron chi connectivity index (χ2n) is 8.63. The Bertz CT molecular complexity index is 693. The fraction of sp³-hybridized carbons (Fsp3) is 0.636. The van der Waals surface area contributed by atoms with Gasteiger partial charge in [-0.3, -0.25) is 14.6 Å². The first kappa shape index (κ1) is 19.4. The summed E-state index contributed by atoms with van der Waals surface area (Å²) in [4.78, 5) is 28.4. The first-order valence-corrected chi connectivity index (χ1v) is 10.7. The molecule has 0 spiro atoms. The summed E-state index contributed by atoms with van der Waals surface area (Å²) in [6.45, 7) is 5.02. The second-order valence-corrected chi connectivity index (χ2v) is 8.63. The Morgan fingerprint density at radius 3 is 2.36 bits per heavy atom. The third-order valence-electron chi connectivity index (χ3n) is 6.43. The fourth-order valence-corrected chi connectivity index (χ4v) is 4.55. The van der Waals surface area contributed by atoms with Gasteiger partial charge in [-0.1, -0.05) is 12.1 Å². The molecule has 0 aromatic heterocycles. The van der Waals surface area contributed by atoms with Gasteiger partial charge in [-0.2, -0.15) is 0 Å². The number of hydrogen-bond donors (Lipinski definition) is 2. The lowest BCUT2D eigenvalue weighted by Crippen LogP contribution is -2.50. The number of carboxylic acids is 1. The molecule has 1 aromatic carbocycles. The van der Waals surface area contributed by atoms with Crippen molar-refractivity contribution in [2.75, 3.05) is 26.2 Å². The van der Waals surface area contributed by atoms with E-state index in [1.54, 1.807) is 12.1 Å². The standard InChI is InChI=1S/C22H31N3O3/c26-21(23-19-7-8-19)18-2-1-11-25(15-18)20-9-12-24(13-10-20)14-16-3-5-17(6-4-16)22(27)28/h3-6,18-20H,1-2,7-15H2,(H,23,26)(H,27,28)/t18-/m0/s1. The van der Waals surface area contributed by atoms with Gasteiger partial charge in [-0.05, 0) is 75.9 Å². The quantitative estimate of drug-likeness (QED) is 0.786. The number of hydrogen-bond acceptors (Lipinski definition) is 4. The molecule has 2 saturated heterocycles. The predicted octanol–water partition coefficient (Wildman–Crippen LogP) is 2.34. The van der Waals surface area contributed by atoms with Crippen LogP contribution in [-0.4, -0.2) is 65.0 Å². The molecule has 3 fully saturated rings. The number of likely N-dealkylation sites (tertiary alicyclic amines) is 2. The summed E-state index contributed by atoms with van der Waals surface area (Å²) in [5, 5.41) is 12.2. The molecular formula is C22H31N3O3. The molecule has 1 aliphatic carbocycles. The van der Waals surface area contributed by atoms with Gasteiger partial charge in [0.25, 0.3) is 0 Å². The second kappa shape index (κ2) is 8.62. The summed E-state index contributed by atoms with van der Waals surface area (Å²) in [7, 11) is 0. The lowest BCUT2D eigenvalue weighted by Gasteiger charge is -2.42. The summed E-state index contributed by atoms with van der Waals surface area (Å²) >= 11 is 0. The fourth-order valence-electron chi connectivity index (χ4n) is 4.55. The van der Waals surface area contributed by atoms with E-state index in [9.17, 15) is 9.59 Å². The molecule has 2 aliphatic heterocycles. The van der Waals surface area contributed by atoms with E-state index >= 15 is 0 Å². The minimum atomic E-state index is -0.877. The Hall–Kier alpha value is -1.92. The van der Waals surface area contributed by atoms with E-state index in [2.05, 4.69) is 15.1 Å². The van der Waals surface area contributed by atoms with E-state index in [-0.39, 0.29) is 11.8 Å². The van der Waals surface area contributed by atoms with E-state index in [4.69, 9.17) is 5.11 Å². The largest absolute Gasteiger partial charge is 0.478 e. The van der Waals surface area contributed by atoms with Crippen LogP contribution in [0.3, 0.4) is 0 Å². The Morgan fingerprint density at radius 2 is 1.71 bits per heavy atom. The van der Waals surface area contributed by atoms with Crippen molar-refractivity contribution in [2.24, 2.45) is 5.92 Å². The number of piperidine rings is 2. The van der Waals surface area contributed by atoms with Crippen LogP contribution < -0.4 is 5.32 Å². The first-order valence-electron chi connectivity index (χ1n) is 10.7. The number of carboxylic acid groups (broad SMARTS) is 1. The average Bonchev–Trinajstić information content (AvgIpc) is 3.53. The molecule has 0 radical (unpaired) electrons. The number of nitrogens with zero attached hydrogens (tertiary/aromatic N) is 2. The lowest BCUT2D eigenvalue weighted by molar-refractivity contribution is -0.127. The number of amides is 1. The molecule has 1 amide bonds. The highest BCUT2D eigenvalue weighted by molar-refractivity contribution is 5.87. The maximum atomic E-state index is 12.4. The van der Waals surface area contributed by atoms with Crippen LogP contribution >= 0.6 is 0 Å². The van der Waals surface area contributed by atoms with Crippen molar-refractivity contribution in [2.45, 2.75) is 57.2 Å². The van der Waals surface area contributed by atoms with Crippen LogP contribution in [0.1, 0.15) is 54.4 Å². The monoisotopic (exact) mass is 385 g/mol. The van der Waals surface area contributed by atoms with E-state index in [0.717, 1.165) is 71.2 Å². The van der Waals surface area contributed by atoms with Crippen LogP contribution in [0, 0.1) is 5.92 Å². The Kier molecular flexibility index (Phi) is 5.97. The van der Waals surface area contributed by atoms with Crippen molar-refractivity contribution in [3.8, 4) is 0 Å². The van der Waals surface area contributed by atoms with Crippen LogP contribution in [0.2, 0.25) is 0 Å². The van der Waals surface area contributed by atoms with Crippen LogP contribution in [0.4, 0.5) is 0 Å². The molecule has 2 heterocycles. The Balaban J connectivity index is 1.24. The van der Waals surface area contributed by atoms with E-state index < -0.39 is 5.97 Å². The van der Waals surface area contributed by atoms with Gasteiger partial charge >= 0.3 is 5.97 Å². The highest BCUT2D eigenvalue weighted by Gasteiger charge is 2.33. The molecule has 28 heavy (non-hydrogen) atoms. The highest BCUT2D eigenvalue weighted by atomic mass is 16.4. The van der Waals surface area contributed by atoms with Gasteiger partial charge in [0.1, 0.15) is 0 Å². The molecule has 2 N–H and O–H groups in total. The maximum absolute atomic E-state index is 12.4. The van der Waals surface area contributed by atoms with Gasteiger partial charge in [0.2, 0.25) is 5.91 Å². The number of carbonyl (C=O) groups is 2. The third-order valence-corrected chi connectivity index (χ3v) is 6.43. The summed E-state index contributed by atoms with van der Waals surface area (Å²) in [6, 6.07) is 8.25. The summed E-state index contributed by atoms with van der Waals surface area (Å²) < 4.78 is 0. The normalized spacial score (nSPS) is 24.8. The van der Waals surface area contributed by atoms with Crippen molar-refractivity contribution in [3.63, 3.8) is 0 Å². The zero-order valence-corrected chi connectivity index (χ0v) is 16.5. The lowest BCUT2D eigenvalue weighted by atomic mass is 9.93. The zero-order valence-electron chi connectivity index (χ0n) is 16.5. The van der Waals surface area contributed by atoms with E-state index in [0.29, 0.717) is 17.6 Å². The molecule has 6 heteroatoms. The molecule has 152 valence electrons. The molecule has 0 unspecified atom stereocenters. The Labute approximate surface area is 166 Å². The van der Waals surface area contributed by atoms with Gasteiger partial charge in [0.05, 0.1) is 11.5 Å². The van der Waals surface area contributed by atoms with Crippen LogP contribution in [0.25, 0.3) is 0 Å². The molecule has 1 aromatic rings. The van der Waals surface area contributed by atoms with Gasteiger partial charge < -0.3 is 10.4 Å². The van der Waals surface area contributed by atoms with E-state index in [1.807, 2.05) is 12.1 Å². The van der Waals surface area contributed by atoms with Crippen LogP contribution in [0.5, 0.6) is 0 Å². The van der Waals surface area contributed by atoms with Gasteiger partial charge in [0.15, 0.2) is 0 Å². The smallest absolute Gasteiger partial charge is 0.335 e. The topological polar surface area (TPSA) is 72.9 Å². The zero-order chi connectivity index (χ0) is 19.5. The maximum Gasteiger partial charge on any atom is 0.335 e. The van der Waals surface area contributed by atoms with Crippen molar-refractivity contribution < 1.29 is 14.7 Å². The van der Waals surface area contributed by atoms with Crippen molar-refractivity contribution in [1.82, 2.24) is 15.1 Å². The molecule has 1 saturated carbocycles. The Morgan fingerprint density at radius 1 is 1.00 bits per heavy atom. The average molecular weight is 386 g/mol. The van der Waals surface area contributed by atoms with E-state index in [1.165, 1.54) is 5.56 Å². The number of carbonyl (C=O) groups excluding carboxylic acids is 1. The van der Waals surface area contributed by atoms with Crippen LogP contribution in [-0.2, 0) is 11.3 Å². The predicted molar refractivity (Wildman–Crippen MR) is 107 cm³/mol. The highest BCUT2D eigenvalue weighted by Crippen LogP contribution is 2.26. The van der Waals surface area contributed by atoms with Crippen molar-refractivity contribution >= 4 is 11.9 Å². The van der Waals surface area contributed by atoms with Gasteiger partial charge in [-0.15, -0.1) is 0 Å². The SMILES string of the molecule is O=C(O)c1ccc(CN2CCC(N3CCC[C@H](C(=O)NC4CC4)C3)CC2)cc1. The molecule has 1 atom stereocenters. The summed E-state index contributed by atoms with van der Waals surface area (Å²) in [5.41, 5.74) is 1.51. The molecule has 3 aliphatic rings. The number of benzene rings is 1. The minimum Gasteiger partial charge on any atom is -0.478 e. The molecule has 0 bridgehead atoms. The number of aromatic carboxylic acids is 1. The summed E-state index contributed by atoms with van der Waals surface area (Å²) in [6.07, 6.45) is 6.74. The minimum absolute atomic E-state index is 0.167. The first-order chi connectivity index (χ1) is 13.6. The summed E-state index contributed by atoms with van der Waals surface area (Å²) in [5.74, 6) is -0.437. The molecule has 4 rings (SSSR count). The van der Waals surface area contributed by atoms with Crippen LogP contribution in [0.15, 0.2) is 24.3 Å².